The molecule has 0 saturated carbocycles. The highest BCUT2D eigenvalue weighted by molar-refractivity contribution is 5.33. The summed E-state index contributed by atoms with van der Waals surface area (Å²) in [7, 11) is 0. The van der Waals surface area contributed by atoms with Crippen LogP contribution in [0.5, 0.6) is 0 Å². The number of hydrogen-bond donors (Lipinski definition) is 1. The average Bonchev–Trinajstić information content (AvgIpc) is 2.48. The van der Waals surface area contributed by atoms with Gasteiger partial charge in [0.15, 0.2) is 0 Å². The van der Waals surface area contributed by atoms with Crippen molar-refractivity contribution in [2.45, 2.75) is 18.9 Å². The molecule has 0 bridgehead atoms. The molecule has 4 heteroatoms. The predicted octanol–water partition coefficient (Wildman–Crippen LogP) is 3.47. The Bertz CT molecular complexity index is 552. The van der Waals surface area contributed by atoms with Crippen LogP contribution in [0.1, 0.15) is 23.7 Å². The van der Waals surface area contributed by atoms with Crippen LogP contribution in [0.25, 0.3) is 0 Å². The second-order valence-corrected chi connectivity index (χ2v) is 4.58. The van der Waals surface area contributed by atoms with E-state index in [-0.39, 0.29) is 5.69 Å². The molecule has 2 aromatic rings. The van der Waals surface area contributed by atoms with Crippen LogP contribution in [-0.4, -0.2) is 10.0 Å². The van der Waals surface area contributed by atoms with E-state index >= 15 is 0 Å². The topological polar surface area (TPSA) is 63.4 Å². The Morgan fingerprint density at radius 2 is 1.75 bits per heavy atom. The maximum absolute atomic E-state index is 10.5. The van der Waals surface area contributed by atoms with E-state index in [1.165, 1.54) is 12.1 Å². The first-order valence-corrected chi connectivity index (χ1v) is 6.45. The van der Waals surface area contributed by atoms with Gasteiger partial charge in [0.2, 0.25) is 0 Å². The lowest BCUT2D eigenvalue weighted by atomic mass is 10.0. The molecule has 1 N–H and O–H groups in total. The summed E-state index contributed by atoms with van der Waals surface area (Å²) in [4.78, 5) is 10.1. The van der Waals surface area contributed by atoms with Gasteiger partial charge in [0.25, 0.3) is 5.69 Å². The third kappa shape index (κ3) is 3.90. The molecule has 0 aliphatic carbocycles. The highest BCUT2D eigenvalue weighted by atomic mass is 16.6. The lowest BCUT2D eigenvalue weighted by Gasteiger charge is -2.10. The van der Waals surface area contributed by atoms with Gasteiger partial charge in [0.1, 0.15) is 0 Å². The molecule has 0 heterocycles. The first-order valence-electron chi connectivity index (χ1n) is 6.45. The van der Waals surface area contributed by atoms with Crippen molar-refractivity contribution in [3.05, 3.63) is 82.3 Å². The van der Waals surface area contributed by atoms with Gasteiger partial charge in [-0.25, -0.2) is 0 Å². The normalized spacial score (nSPS) is 12.1. The Kier molecular flexibility index (Phi) is 4.85. The van der Waals surface area contributed by atoms with Gasteiger partial charge >= 0.3 is 0 Å². The van der Waals surface area contributed by atoms with Crippen LogP contribution in [-0.2, 0) is 6.42 Å². The van der Waals surface area contributed by atoms with Gasteiger partial charge in [-0.1, -0.05) is 42.5 Å². The van der Waals surface area contributed by atoms with Crippen molar-refractivity contribution in [1.82, 2.24) is 0 Å². The number of non-ortho nitro benzene ring substituents is 1. The van der Waals surface area contributed by atoms with E-state index in [2.05, 4.69) is 0 Å². The van der Waals surface area contributed by atoms with Gasteiger partial charge < -0.3 is 5.11 Å². The fourth-order valence-electron chi connectivity index (χ4n) is 1.97. The van der Waals surface area contributed by atoms with Crippen LogP contribution in [0.3, 0.4) is 0 Å². The Labute approximate surface area is 117 Å². The van der Waals surface area contributed by atoms with E-state index in [1.54, 1.807) is 12.1 Å². The van der Waals surface area contributed by atoms with E-state index in [0.717, 1.165) is 11.1 Å². The minimum absolute atomic E-state index is 0.0954. The fourth-order valence-corrected chi connectivity index (χ4v) is 1.97. The first kappa shape index (κ1) is 14.2. The summed E-state index contributed by atoms with van der Waals surface area (Å²) in [6, 6.07) is 16.0. The van der Waals surface area contributed by atoms with Gasteiger partial charge in [-0.2, -0.15) is 0 Å². The van der Waals surface area contributed by atoms with Crippen molar-refractivity contribution in [2.24, 2.45) is 0 Å². The quantitative estimate of drug-likeness (QED) is 0.645. The third-order valence-corrected chi connectivity index (χ3v) is 3.10. The summed E-state index contributed by atoms with van der Waals surface area (Å²) < 4.78 is 0. The van der Waals surface area contributed by atoms with Crippen molar-refractivity contribution in [3.8, 4) is 0 Å². The molecule has 2 aromatic carbocycles. The second kappa shape index (κ2) is 6.82. The number of hydrogen-bond acceptors (Lipinski definition) is 3. The molecule has 1 atom stereocenters. The van der Waals surface area contributed by atoms with E-state index in [0.29, 0.717) is 12.8 Å². The Balaban J connectivity index is 1.82. The molecule has 0 aliphatic rings. The Hall–Kier alpha value is -2.20. The molecular weight excluding hydrogens is 254 g/mol. The molecule has 0 fully saturated rings. The highest BCUT2D eigenvalue weighted by Crippen LogP contribution is 2.19. The van der Waals surface area contributed by atoms with Crippen molar-refractivity contribution in [2.75, 3.05) is 0 Å². The number of aliphatic hydroxyl groups is 1. The lowest BCUT2D eigenvalue weighted by molar-refractivity contribution is -0.384. The van der Waals surface area contributed by atoms with Crippen molar-refractivity contribution in [1.29, 1.82) is 0 Å². The van der Waals surface area contributed by atoms with Crippen molar-refractivity contribution < 1.29 is 10.0 Å². The second-order valence-electron chi connectivity index (χ2n) is 4.58. The smallest absolute Gasteiger partial charge is 0.269 e. The third-order valence-electron chi connectivity index (χ3n) is 3.10. The zero-order valence-corrected chi connectivity index (χ0v) is 11.0. The van der Waals surface area contributed by atoms with Crippen LogP contribution < -0.4 is 0 Å². The standard InChI is InChI=1S/C16H16NO3/c18-16(14-6-2-1-3-7-14)8-4-5-13-9-11-15(12-10-13)17(19)20/h1-4,6-7,9-12,16,18H,5,8H2/t16-/m1/s1. The molecule has 0 unspecified atom stereocenters. The van der Waals surface area contributed by atoms with Gasteiger partial charge in [-0.3, -0.25) is 10.1 Å². The molecule has 0 spiro atoms. The number of rotatable bonds is 6. The molecule has 20 heavy (non-hydrogen) atoms. The molecular formula is C16H16NO3. The first-order chi connectivity index (χ1) is 9.66. The summed E-state index contributed by atoms with van der Waals surface area (Å²) in [6.07, 6.45) is 2.72. The zero-order valence-electron chi connectivity index (χ0n) is 11.0. The maximum atomic E-state index is 10.5. The van der Waals surface area contributed by atoms with Crippen LogP contribution in [0.2, 0.25) is 0 Å². The minimum Gasteiger partial charge on any atom is -0.388 e. The van der Waals surface area contributed by atoms with E-state index in [4.69, 9.17) is 0 Å². The van der Waals surface area contributed by atoms with Crippen molar-refractivity contribution >= 4 is 5.69 Å². The molecule has 4 nitrogen and oxygen atoms in total. The SMILES string of the molecule is O=[N+]([O-])c1ccc(C[CH]C[C@@H](O)c2ccccc2)cc1. The van der Waals surface area contributed by atoms with E-state index in [9.17, 15) is 15.2 Å². The molecule has 0 saturated heterocycles. The minimum atomic E-state index is -0.505. The molecule has 2 rings (SSSR count). The van der Waals surface area contributed by atoms with Gasteiger partial charge in [0.05, 0.1) is 11.0 Å². The van der Waals surface area contributed by atoms with E-state index < -0.39 is 11.0 Å². The average molecular weight is 270 g/mol. The lowest BCUT2D eigenvalue weighted by Crippen LogP contribution is -1.99. The molecule has 0 aromatic heterocycles. The monoisotopic (exact) mass is 270 g/mol. The number of nitro groups is 1. The maximum Gasteiger partial charge on any atom is 0.269 e. The number of nitro benzene ring substituents is 1. The summed E-state index contributed by atoms with van der Waals surface area (Å²) in [5.74, 6) is 0. The van der Waals surface area contributed by atoms with E-state index in [1.807, 2.05) is 36.8 Å². The number of aliphatic hydroxyl groups excluding tert-OH is 1. The fraction of sp³-hybridized carbons (Fsp3) is 0.188. The van der Waals surface area contributed by atoms with Gasteiger partial charge in [-0.15, -0.1) is 0 Å². The number of benzene rings is 2. The summed E-state index contributed by atoms with van der Waals surface area (Å²) >= 11 is 0. The largest absolute Gasteiger partial charge is 0.388 e. The Morgan fingerprint density at radius 3 is 2.35 bits per heavy atom. The number of nitrogens with zero attached hydrogens (tertiary/aromatic N) is 1. The van der Waals surface area contributed by atoms with Crippen LogP contribution in [0.4, 0.5) is 5.69 Å². The molecule has 103 valence electrons. The summed E-state index contributed by atoms with van der Waals surface area (Å²) in [5.41, 5.74) is 1.99. The summed E-state index contributed by atoms with van der Waals surface area (Å²) in [5, 5.41) is 20.5. The van der Waals surface area contributed by atoms with Gasteiger partial charge in [-0.05, 0) is 30.4 Å². The van der Waals surface area contributed by atoms with Crippen LogP contribution in [0, 0.1) is 16.5 Å². The van der Waals surface area contributed by atoms with Gasteiger partial charge in [0, 0.05) is 12.1 Å². The zero-order chi connectivity index (χ0) is 14.4. The van der Waals surface area contributed by atoms with Crippen molar-refractivity contribution in [3.63, 3.8) is 0 Å². The highest BCUT2D eigenvalue weighted by Gasteiger charge is 2.07. The summed E-state index contributed by atoms with van der Waals surface area (Å²) in [6.45, 7) is 0. The molecule has 0 amide bonds. The van der Waals surface area contributed by atoms with Crippen LogP contribution in [0.15, 0.2) is 54.6 Å². The Morgan fingerprint density at radius 1 is 1.10 bits per heavy atom. The predicted molar refractivity (Wildman–Crippen MR) is 77.1 cm³/mol. The molecule has 1 radical (unpaired) electrons. The van der Waals surface area contributed by atoms with Crippen LogP contribution >= 0.6 is 0 Å². The molecule has 0 aliphatic heterocycles.